The van der Waals surface area contributed by atoms with Crippen molar-refractivity contribution in [2.24, 2.45) is 0 Å². The summed E-state index contributed by atoms with van der Waals surface area (Å²) in [5.74, 6) is 0.137. The molecule has 7 nitrogen and oxygen atoms in total. The maximum atomic E-state index is 12.9. The van der Waals surface area contributed by atoms with E-state index in [9.17, 15) is 9.59 Å². The summed E-state index contributed by atoms with van der Waals surface area (Å²) < 4.78 is 1.31. The number of rotatable bonds is 4. The van der Waals surface area contributed by atoms with Gasteiger partial charge in [-0.3, -0.25) is 14.7 Å². The highest BCUT2D eigenvalue weighted by Crippen LogP contribution is 2.33. The summed E-state index contributed by atoms with van der Waals surface area (Å²) >= 11 is 6.12. The third-order valence-electron chi connectivity index (χ3n) is 5.83. The zero-order valence-corrected chi connectivity index (χ0v) is 18.1. The topological polar surface area (TPSA) is 104 Å². The Morgan fingerprint density at radius 3 is 2.73 bits per heavy atom. The lowest BCUT2D eigenvalue weighted by atomic mass is 10.1. The Kier molecular flexibility index (Phi) is 5.29. The first-order valence-corrected chi connectivity index (χ1v) is 10.8. The van der Waals surface area contributed by atoms with Crippen molar-refractivity contribution in [1.29, 1.82) is 5.26 Å². The fourth-order valence-electron chi connectivity index (χ4n) is 4.09. The molecule has 5 rings (SSSR count). The van der Waals surface area contributed by atoms with Crippen LogP contribution in [-0.2, 0) is 6.42 Å². The molecule has 8 heteroatoms. The number of carbonyl (C=O) groups is 1. The molecule has 0 spiro atoms. The van der Waals surface area contributed by atoms with Crippen molar-refractivity contribution in [3.05, 3.63) is 105 Å². The number of aryl methyl sites for hydroxylation is 1. The van der Waals surface area contributed by atoms with Gasteiger partial charge in [0.15, 0.2) is 5.82 Å². The fourth-order valence-corrected chi connectivity index (χ4v) is 4.27. The van der Waals surface area contributed by atoms with Crippen LogP contribution in [-0.4, -0.2) is 20.7 Å². The number of aromatic nitrogens is 3. The van der Waals surface area contributed by atoms with E-state index >= 15 is 0 Å². The molecule has 162 valence electrons. The number of carbonyl (C=O) groups excluding carboxylic acids is 1. The monoisotopic (exact) mass is 455 g/mol. The van der Waals surface area contributed by atoms with Gasteiger partial charge in [-0.25, -0.2) is 9.67 Å². The number of amides is 1. The van der Waals surface area contributed by atoms with E-state index in [4.69, 9.17) is 16.9 Å². The Labute approximate surface area is 194 Å². The molecule has 2 N–H and O–H groups in total. The zero-order valence-electron chi connectivity index (χ0n) is 17.4. The lowest BCUT2D eigenvalue weighted by molar-refractivity contribution is 0.0936. The van der Waals surface area contributed by atoms with Crippen molar-refractivity contribution in [3.63, 3.8) is 0 Å². The molecule has 2 aromatic heterocycles. The normalized spacial score (nSPS) is 14.5. The van der Waals surface area contributed by atoms with Gasteiger partial charge >= 0.3 is 0 Å². The van der Waals surface area contributed by atoms with Crippen molar-refractivity contribution in [2.75, 3.05) is 0 Å². The van der Waals surface area contributed by atoms with Crippen LogP contribution in [0.4, 0.5) is 0 Å². The number of fused-ring (bicyclic) bond motifs is 1. The summed E-state index contributed by atoms with van der Waals surface area (Å²) in [6.45, 7) is 0. The Morgan fingerprint density at radius 2 is 2.00 bits per heavy atom. The van der Waals surface area contributed by atoms with Gasteiger partial charge in [-0.1, -0.05) is 29.8 Å². The predicted molar refractivity (Wildman–Crippen MR) is 124 cm³/mol. The van der Waals surface area contributed by atoms with E-state index in [-0.39, 0.29) is 17.5 Å². The summed E-state index contributed by atoms with van der Waals surface area (Å²) in [5.41, 5.74) is 4.05. The molecule has 0 saturated heterocycles. The Hall–Kier alpha value is -4.15. The van der Waals surface area contributed by atoms with Crippen molar-refractivity contribution in [2.45, 2.75) is 18.9 Å². The van der Waals surface area contributed by atoms with Gasteiger partial charge < -0.3 is 5.32 Å². The van der Waals surface area contributed by atoms with Crippen molar-refractivity contribution in [1.82, 2.24) is 20.1 Å². The standard InChI is InChI=1S/C25H18ClN5O2/c26-19-8-5-16-6-9-22(20(16)11-19)30-24(32)18-7-10-23(28-13-18)31-25(33)21(14-29-31)17-3-1-15(12-27)2-4-17/h1-5,7-8,10-11,13-14,22,29H,6,9H2,(H,30,32). The largest absolute Gasteiger partial charge is 0.345 e. The Bertz CT molecular complexity index is 1450. The molecule has 33 heavy (non-hydrogen) atoms. The molecule has 0 fully saturated rings. The molecule has 1 atom stereocenters. The van der Waals surface area contributed by atoms with Gasteiger partial charge in [0, 0.05) is 17.4 Å². The molecule has 0 aliphatic heterocycles. The van der Waals surface area contributed by atoms with E-state index in [1.807, 2.05) is 18.2 Å². The highest BCUT2D eigenvalue weighted by Gasteiger charge is 2.24. The second-order valence-corrected chi connectivity index (χ2v) is 8.27. The van der Waals surface area contributed by atoms with E-state index in [0.29, 0.717) is 33.1 Å². The van der Waals surface area contributed by atoms with E-state index in [0.717, 1.165) is 18.4 Å². The number of hydrogen-bond acceptors (Lipinski definition) is 4. The van der Waals surface area contributed by atoms with Crippen molar-refractivity contribution in [3.8, 4) is 23.0 Å². The van der Waals surface area contributed by atoms with Crippen LogP contribution in [0, 0.1) is 11.3 Å². The van der Waals surface area contributed by atoms with Crippen LogP contribution in [0.15, 0.2) is 71.8 Å². The van der Waals surface area contributed by atoms with Crippen LogP contribution in [0.1, 0.15) is 39.5 Å². The smallest absolute Gasteiger partial charge is 0.280 e. The van der Waals surface area contributed by atoms with Gasteiger partial charge in [0.05, 0.1) is 28.8 Å². The minimum absolute atomic E-state index is 0.0908. The van der Waals surface area contributed by atoms with Crippen LogP contribution < -0.4 is 10.9 Å². The minimum Gasteiger partial charge on any atom is -0.345 e. The number of benzene rings is 2. The number of aromatic amines is 1. The number of H-pyrrole nitrogens is 1. The molecular formula is C25H18ClN5O2. The summed E-state index contributed by atoms with van der Waals surface area (Å²) in [4.78, 5) is 29.9. The summed E-state index contributed by atoms with van der Waals surface area (Å²) in [5, 5.41) is 15.5. The van der Waals surface area contributed by atoms with E-state index in [2.05, 4.69) is 21.5 Å². The van der Waals surface area contributed by atoms with Crippen LogP contribution in [0.5, 0.6) is 0 Å². The molecule has 1 amide bonds. The van der Waals surface area contributed by atoms with E-state index in [1.54, 1.807) is 42.6 Å². The van der Waals surface area contributed by atoms with E-state index < -0.39 is 0 Å². The van der Waals surface area contributed by atoms with Crippen LogP contribution >= 0.6 is 11.6 Å². The first-order valence-electron chi connectivity index (χ1n) is 10.4. The van der Waals surface area contributed by atoms with Crippen LogP contribution in [0.2, 0.25) is 5.02 Å². The molecule has 0 saturated carbocycles. The number of nitriles is 1. The first-order chi connectivity index (χ1) is 16.0. The van der Waals surface area contributed by atoms with Gasteiger partial charge in [0.2, 0.25) is 0 Å². The molecule has 1 aliphatic carbocycles. The Morgan fingerprint density at radius 1 is 1.18 bits per heavy atom. The number of hydrogen-bond donors (Lipinski definition) is 2. The average Bonchev–Trinajstić information content (AvgIpc) is 3.42. The SMILES string of the molecule is N#Cc1ccc(-c2c[nH]n(-c3ccc(C(=O)NC4CCc5ccc(Cl)cc54)cn3)c2=O)cc1. The maximum Gasteiger partial charge on any atom is 0.280 e. The van der Waals surface area contributed by atoms with Crippen LogP contribution in [0.25, 0.3) is 16.9 Å². The summed E-state index contributed by atoms with van der Waals surface area (Å²) in [7, 11) is 0. The number of pyridine rings is 1. The lowest BCUT2D eigenvalue weighted by Gasteiger charge is -2.14. The first kappa shape index (κ1) is 20.7. The van der Waals surface area contributed by atoms with Gasteiger partial charge in [0.25, 0.3) is 11.5 Å². The molecular weight excluding hydrogens is 438 g/mol. The minimum atomic E-state index is -0.274. The van der Waals surface area contributed by atoms with E-state index in [1.165, 1.54) is 16.4 Å². The number of nitrogens with one attached hydrogen (secondary N) is 2. The summed E-state index contributed by atoms with van der Waals surface area (Å²) in [6, 6.07) is 17.8. The van der Waals surface area contributed by atoms with Crippen molar-refractivity contribution < 1.29 is 4.79 Å². The Balaban J connectivity index is 1.34. The predicted octanol–water partition coefficient (Wildman–Crippen LogP) is 4.17. The molecule has 0 bridgehead atoms. The quantitative estimate of drug-likeness (QED) is 0.482. The molecule has 1 aliphatic rings. The zero-order chi connectivity index (χ0) is 22.9. The molecule has 0 radical (unpaired) electrons. The third kappa shape index (κ3) is 3.93. The van der Waals surface area contributed by atoms with Gasteiger partial charge in [-0.2, -0.15) is 5.26 Å². The molecule has 1 unspecified atom stereocenters. The third-order valence-corrected chi connectivity index (χ3v) is 6.06. The lowest BCUT2D eigenvalue weighted by Crippen LogP contribution is -2.27. The van der Waals surface area contributed by atoms with Gasteiger partial charge in [0.1, 0.15) is 0 Å². The fraction of sp³-hybridized carbons (Fsp3) is 0.120. The average molecular weight is 456 g/mol. The van der Waals surface area contributed by atoms with Crippen molar-refractivity contribution >= 4 is 17.5 Å². The van der Waals surface area contributed by atoms with Crippen LogP contribution in [0.3, 0.4) is 0 Å². The highest BCUT2D eigenvalue weighted by molar-refractivity contribution is 6.30. The molecule has 2 heterocycles. The highest BCUT2D eigenvalue weighted by atomic mass is 35.5. The maximum absolute atomic E-state index is 12.9. The van der Waals surface area contributed by atoms with Gasteiger partial charge in [-0.05, 0) is 65.9 Å². The van der Waals surface area contributed by atoms with Gasteiger partial charge in [-0.15, -0.1) is 0 Å². The number of halogens is 1. The second-order valence-electron chi connectivity index (χ2n) is 7.83. The molecule has 2 aromatic carbocycles. The number of nitrogens with zero attached hydrogens (tertiary/aromatic N) is 3. The summed E-state index contributed by atoms with van der Waals surface area (Å²) in [6.07, 6.45) is 4.76. The molecule has 4 aromatic rings. The second kappa shape index (κ2) is 8.41.